The molecule has 1 amide bonds. The number of anilines is 1. The highest BCUT2D eigenvalue weighted by Gasteiger charge is 2.31. The summed E-state index contributed by atoms with van der Waals surface area (Å²) in [5.74, 6) is 1.55. The summed E-state index contributed by atoms with van der Waals surface area (Å²) >= 11 is 4.53. The fourth-order valence-corrected chi connectivity index (χ4v) is 2.81. The molecule has 1 fully saturated rings. The van der Waals surface area contributed by atoms with E-state index >= 15 is 0 Å². The fourth-order valence-electron chi connectivity index (χ4n) is 1.82. The van der Waals surface area contributed by atoms with E-state index < -0.39 is 0 Å². The predicted molar refractivity (Wildman–Crippen MR) is 73.3 cm³/mol. The average molecular weight is 330 g/mol. The Morgan fingerprint density at radius 3 is 3.06 bits per heavy atom. The van der Waals surface area contributed by atoms with Gasteiger partial charge in [0.25, 0.3) is 0 Å². The zero-order valence-electron chi connectivity index (χ0n) is 9.80. The summed E-state index contributed by atoms with van der Waals surface area (Å²) < 4.78 is 0.655. The van der Waals surface area contributed by atoms with E-state index in [1.54, 1.807) is 17.9 Å². The number of amides is 1. The van der Waals surface area contributed by atoms with Crippen LogP contribution in [-0.4, -0.2) is 33.3 Å². The SMILES string of the molecule is CC(=O)SCC1CC(=O)N(c2cc(Br)ncn2)C1. The molecular formula is C11H12BrN3O2S. The topological polar surface area (TPSA) is 63.2 Å². The lowest BCUT2D eigenvalue weighted by Crippen LogP contribution is -2.25. The van der Waals surface area contributed by atoms with E-state index in [9.17, 15) is 9.59 Å². The Hall–Kier alpha value is -0.950. The van der Waals surface area contributed by atoms with Crippen LogP contribution < -0.4 is 4.90 Å². The van der Waals surface area contributed by atoms with E-state index in [-0.39, 0.29) is 16.9 Å². The van der Waals surface area contributed by atoms with Gasteiger partial charge in [-0.3, -0.25) is 14.5 Å². The summed E-state index contributed by atoms with van der Waals surface area (Å²) in [4.78, 5) is 32.5. The zero-order valence-corrected chi connectivity index (χ0v) is 12.2. The van der Waals surface area contributed by atoms with Gasteiger partial charge in [-0.2, -0.15) is 0 Å². The molecular weight excluding hydrogens is 318 g/mol. The first-order chi connectivity index (χ1) is 8.56. The molecule has 0 aliphatic carbocycles. The normalized spacial score (nSPS) is 19.3. The van der Waals surface area contributed by atoms with E-state index in [1.807, 2.05) is 0 Å². The van der Waals surface area contributed by atoms with Crippen molar-refractivity contribution in [3.05, 3.63) is 17.0 Å². The van der Waals surface area contributed by atoms with Gasteiger partial charge in [0.2, 0.25) is 5.91 Å². The largest absolute Gasteiger partial charge is 0.296 e. The number of carbonyl (C=O) groups excluding carboxylic acids is 2. The Bertz CT molecular complexity index is 483. The number of rotatable bonds is 3. The number of nitrogens with zero attached hydrogens (tertiary/aromatic N) is 3. The summed E-state index contributed by atoms with van der Waals surface area (Å²) in [5.41, 5.74) is 0. The highest BCUT2D eigenvalue weighted by Crippen LogP contribution is 2.26. The van der Waals surface area contributed by atoms with E-state index in [1.165, 1.54) is 18.1 Å². The second kappa shape index (κ2) is 5.79. The fraction of sp³-hybridized carbons (Fsp3) is 0.455. The molecule has 1 aromatic rings. The van der Waals surface area contributed by atoms with Crippen molar-refractivity contribution in [1.82, 2.24) is 9.97 Å². The molecule has 96 valence electrons. The minimum Gasteiger partial charge on any atom is -0.296 e. The maximum atomic E-state index is 11.9. The van der Waals surface area contributed by atoms with Gasteiger partial charge in [-0.25, -0.2) is 9.97 Å². The first-order valence-electron chi connectivity index (χ1n) is 5.47. The third-order valence-electron chi connectivity index (χ3n) is 2.62. The van der Waals surface area contributed by atoms with E-state index in [0.717, 1.165) is 0 Å². The molecule has 5 nitrogen and oxygen atoms in total. The Kier molecular flexibility index (Phi) is 4.34. The summed E-state index contributed by atoms with van der Waals surface area (Å²) in [7, 11) is 0. The van der Waals surface area contributed by atoms with Crippen molar-refractivity contribution in [2.45, 2.75) is 13.3 Å². The molecule has 1 aromatic heterocycles. The van der Waals surface area contributed by atoms with Gasteiger partial charge < -0.3 is 0 Å². The lowest BCUT2D eigenvalue weighted by atomic mass is 10.1. The number of hydrogen-bond acceptors (Lipinski definition) is 5. The van der Waals surface area contributed by atoms with Gasteiger partial charge in [-0.05, 0) is 21.8 Å². The Morgan fingerprint density at radius 1 is 1.61 bits per heavy atom. The van der Waals surface area contributed by atoms with E-state index in [2.05, 4.69) is 25.9 Å². The zero-order chi connectivity index (χ0) is 13.1. The van der Waals surface area contributed by atoms with E-state index in [0.29, 0.717) is 29.1 Å². The predicted octanol–water partition coefficient (Wildman–Crippen LogP) is 1.87. The quantitative estimate of drug-likeness (QED) is 0.792. The van der Waals surface area contributed by atoms with Gasteiger partial charge in [0.1, 0.15) is 16.7 Å². The minimum atomic E-state index is 0.0507. The maximum absolute atomic E-state index is 11.9. The van der Waals surface area contributed by atoms with Crippen molar-refractivity contribution in [3.8, 4) is 0 Å². The van der Waals surface area contributed by atoms with Crippen LogP contribution in [0.2, 0.25) is 0 Å². The van der Waals surface area contributed by atoms with Crippen molar-refractivity contribution in [2.24, 2.45) is 5.92 Å². The smallest absolute Gasteiger partial charge is 0.228 e. The van der Waals surface area contributed by atoms with Crippen LogP contribution in [-0.2, 0) is 9.59 Å². The van der Waals surface area contributed by atoms with Gasteiger partial charge in [0, 0.05) is 31.7 Å². The number of thioether (sulfide) groups is 1. The van der Waals surface area contributed by atoms with Gasteiger partial charge in [0.05, 0.1) is 0 Å². The van der Waals surface area contributed by atoms with Crippen LogP contribution in [0.1, 0.15) is 13.3 Å². The standard InChI is InChI=1S/C11H12BrN3O2S/c1-7(16)18-5-8-2-11(17)15(4-8)10-3-9(12)13-6-14-10/h3,6,8H,2,4-5H2,1H3. The van der Waals surface area contributed by atoms with Crippen molar-refractivity contribution in [2.75, 3.05) is 17.2 Å². The molecule has 1 atom stereocenters. The van der Waals surface area contributed by atoms with Crippen LogP contribution in [0, 0.1) is 5.92 Å². The lowest BCUT2D eigenvalue weighted by molar-refractivity contribution is -0.117. The van der Waals surface area contributed by atoms with Crippen molar-refractivity contribution >= 4 is 44.5 Å². The van der Waals surface area contributed by atoms with Crippen molar-refractivity contribution in [1.29, 1.82) is 0 Å². The van der Waals surface area contributed by atoms with Crippen LogP contribution in [0.15, 0.2) is 17.0 Å². The maximum Gasteiger partial charge on any atom is 0.228 e. The first kappa shape index (κ1) is 13.5. The summed E-state index contributed by atoms with van der Waals surface area (Å²) in [5, 5.41) is 0.0886. The van der Waals surface area contributed by atoms with Crippen LogP contribution >= 0.6 is 27.7 Å². The molecule has 7 heteroatoms. The van der Waals surface area contributed by atoms with Crippen molar-refractivity contribution in [3.63, 3.8) is 0 Å². The molecule has 0 radical (unpaired) electrons. The van der Waals surface area contributed by atoms with Gasteiger partial charge in [-0.15, -0.1) is 0 Å². The van der Waals surface area contributed by atoms with Crippen LogP contribution in [0.5, 0.6) is 0 Å². The molecule has 0 N–H and O–H groups in total. The average Bonchev–Trinajstić information content (AvgIpc) is 2.68. The Morgan fingerprint density at radius 2 is 2.39 bits per heavy atom. The first-order valence-corrected chi connectivity index (χ1v) is 7.25. The van der Waals surface area contributed by atoms with Crippen LogP contribution in [0.3, 0.4) is 0 Å². The summed E-state index contributed by atoms with van der Waals surface area (Å²) in [6.07, 6.45) is 1.90. The molecule has 0 bridgehead atoms. The molecule has 1 aliphatic rings. The molecule has 0 spiro atoms. The summed E-state index contributed by atoms with van der Waals surface area (Å²) in [6.45, 7) is 2.16. The Balaban J connectivity index is 2.03. The van der Waals surface area contributed by atoms with Gasteiger partial charge in [0.15, 0.2) is 5.12 Å². The second-order valence-corrected chi connectivity index (χ2v) is 6.09. The molecule has 2 heterocycles. The second-order valence-electron chi connectivity index (χ2n) is 4.08. The summed E-state index contributed by atoms with van der Waals surface area (Å²) in [6, 6.07) is 1.72. The monoisotopic (exact) mass is 329 g/mol. The molecule has 0 saturated carbocycles. The number of hydrogen-bond donors (Lipinski definition) is 0. The van der Waals surface area contributed by atoms with Crippen LogP contribution in [0.25, 0.3) is 0 Å². The van der Waals surface area contributed by atoms with Gasteiger partial charge in [-0.1, -0.05) is 11.8 Å². The number of carbonyl (C=O) groups is 2. The lowest BCUT2D eigenvalue weighted by Gasteiger charge is -2.15. The molecule has 0 aromatic carbocycles. The molecule has 1 aliphatic heterocycles. The third kappa shape index (κ3) is 3.29. The number of aromatic nitrogens is 2. The van der Waals surface area contributed by atoms with Gasteiger partial charge >= 0.3 is 0 Å². The number of halogens is 1. The van der Waals surface area contributed by atoms with Crippen molar-refractivity contribution < 1.29 is 9.59 Å². The minimum absolute atomic E-state index is 0.0507. The molecule has 1 saturated heterocycles. The molecule has 2 rings (SSSR count). The molecule has 1 unspecified atom stereocenters. The molecule has 18 heavy (non-hydrogen) atoms. The van der Waals surface area contributed by atoms with Crippen LogP contribution in [0.4, 0.5) is 5.82 Å². The highest BCUT2D eigenvalue weighted by molar-refractivity contribution is 9.10. The third-order valence-corrected chi connectivity index (χ3v) is 4.10. The van der Waals surface area contributed by atoms with E-state index in [4.69, 9.17) is 0 Å². The highest BCUT2D eigenvalue weighted by atomic mass is 79.9. The Labute approximate surface area is 117 Å².